The molecule has 0 spiro atoms. The number of rotatable bonds is 2. The molecule has 0 radical (unpaired) electrons. The van der Waals surface area contributed by atoms with Crippen LogP contribution in [0.3, 0.4) is 0 Å². The molecule has 1 fully saturated rings. The Morgan fingerprint density at radius 2 is 2.00 bits per heavy atom. The van der Waals surface area contributed by atoms with E-state index in [0.29, 0.717) is 0 Å². The van der Waals surface area contributed by atoms with Crippen molar-refractivity contribution < 1.29 is 0 Å². The molecule has 1 aliphatic carbocycles. The van der Waals surface area contributed by atoms with Gasteiger partial charge in [0.15, 0.2) is 0 Å². The quantitative estimate of drug-likeness (QED) is 0.645. The summed E-state index contributed by atoms with van der Waals surface area (Å²) < 4.78 is 0. The van der Waals surface area contributed by atoms with Crippen LogP contribution in [0.15, 0.2) is 0 Å². The van der Waals surface area contributed by atoms with Gasteiger partial charge in [-0.1, -0.05) is 26.7 Å². The molecule has 1 N–H and O–H groups in total. The van der Waals surface area contributed by atoms with Crippen LogP contribution >= 0.6 is 0 Å². The van der Waals surface area contributed by atoms with Gasteiger partial charge in [-0.05, 0) is 31.7 Å². The molecule has 66 valence electrons. The Kier molecular flexibility index (Phi) is 3.38. The second-order valence-corrected chi connectivity index (χ2v) is 4.16. The van der Waals surface area contributed by atoms with Crippen molar-refractivity contribution in [3.05, 3.63) is 0 Å². The van der Waals surface area contributed by atoms with Gasteiger partial charge in [-0.2, -0.15) is 0 Å². The molecule has 0 aromatic carbocycles. The molecule has 1 aliphatic rings. The first-order valence-corrected chi connectivity index (χ1v) is 4.91. The van der Waals surface area contributed by atoms with E-state index in [1.54, 1.807) is 0 Å². The second kappa shape index (κ2) is 4.10. The van der Waals surface area contributed by atoms with Gasteiger partial charge < -0.3 is 5.32 Å². The highest BCUT2D eigenvalue weighted by molar-refractivity contribution is 4.78. The van der Waals surface area contributed by atoms with Crippen molar-refractivity contribution in [3.63, 3.8) is 0 Å². The zero-order valence-corrected chi connectivity index (χ0v) is 8.06. The van der Waals surface area contributed by atoms with Crippen LogP contribution in [0.2, 0.25) is 0 Å². The topological polar surface area (TPSA) is 12.0 Å². The van der Waals surface area contributed by atoms with E-state index in [1.165, 1.54) is 25.7 Å². The molecule has 0 amide bonds. The Morgan fingerprint density at radius 1 is 1.27 bits per heavy atom. The Hall–Kier alpha value is -0.0400. The van der Waals surface area contributed by atoms with E-state index in [4.69, 9.17) is 0 Å². The van der Waals surface area contributed by atoms with Crippen LogP contribution < -0.4 is 5.32 Å². The second-order valence-electron chi connectivity index (χ2n) is 4.16. The molecular weight excluding hydrogens is 134 g/mol. The zero-order valence-electron chi connectivity index (χ0n) is 8.06. The molecule has 2 atom stereocenters. The maximum Gasteiger partial charge on any atom is 0.00668 e. The normalized spacial score (nSPS) is 32.7. The number of hydrogen-bond donors (Lipinski definition) is 1. The van der Waals surface area contributed by atoms with Crippen LogP contribution in [0, 0.1) is 11.8 Å². The van der Waals surface area contributed by atoms with Gasteiger partial charge in [0.2, 0.25) is 0 Å². The molecule has 1 saturated carbocycles. The fourth-order valence-corrected chi connectivity index (χ4v) is 2.10. The Labute approximate surface area is 70.6 Å². The van der Waals surface area contributed by atoms with Gasteiger partial charge in [0.25, 0.3) is 0 Å². The summed E-state index contributed by atoms with van der Waals surface area (Å²) in [4.78, 5) is 0. The third-order valence-electron chi connectivity index (χ3n) is 3.07. The molecule has 1 heteroatoms. The summed E-state index contributed by atoms with van der Waals surface area (Å²) in [6.07, 6.45) is 5.66. The average Bonchev–Trinajstić information content (AvgIpc) is 2.05. The first-order chi connectivity index (χ1) is 5.24. The molecule has 0 aromatic rings. The summed E-state index contributed by atoms with van der Waals surface area (Å²) in [5.74, 6) is 1.85. The summed E-state index contributed by atoms with van der Waals surface area (Å²) >= 11 is 0. The molecule has 0 bridgehead atoms. The third-order valence-corrected chi connectivity index (χ3v) is 3.07. The van der Waals surface area contributed by atoms with Gasteiger partial charge in [0.05, 0.1) is 0 Å². The lowest BCUT2D eigenvalue weighted by Crippen LogP contribution is -2.32. The lowest BCUT2D eigenvalue weighted by molar-refractivity contribution is 0.238. The first-order valence-electron chi connectivity index (χ1n) is 4.91. The fourth-order valence-electron chi connectivity index (χ4n) is 2.10. The van der Waals surface area contributed by atoms with Gasteiger partial charge in [-0.15, -0.1) is 0 Å². The maximum absolute atomic E-state index is 3.39. The van der Waals surface area contributed by atoms with Gasteiger partial charge in [0.1, 0.15) is 0 Å². The standard InChI is InChI=1S/C10H21N/c1-8(2)9-5-4-6-10(7-9)11-3/h8-11H,4-7H2,1-3H3. The summed E-state index contributed by atoms with van der Waals surface area (Å²) in [5.41, 5.74) is 0. The number of hydrogen-bond acceptors (Lipinski definition) is 1. The Bertz CT molecular complexity index is 109. The molecule has 0 aliphatic heterocycles. The van der Waals surface area contributed by atoms with Crippen LogP contribution in [0.25, 0.3) is 0 Å². The van der Waals surface area contributed by atoms with Gasteiger partial charge >= 0.3 is 0 Å². The lowest BCUT2D eigenvalue weighted by Gasteiger charge is -2.31. The largest absolute Gasteiger partial charge is 0.317 e. The average molecular weight is 155 g/mol. The Balaban J connectivity index is 2.33. The van der Waals surface area contributed by atoms with Crippen LogP contribution in [0.5, 0.6) is 0 Å². The van der Waals surface area contributed by atoms with E-state index >= 15 is 0 Å². The third kappa shape index (κ3) is 2.48. The van der Waals surface area contributed by atoms with Gasteiger partial charge in [-0.25, -0.2) is 0 Å². The molecular formula is C10H21N. The molecule has 11 heavy (non-hydrogen) atoms. The highest BCUT2D eigenvalue weighted by Gasteiger charge is 2.22. The van der Waals surface area contributed by atoms with E-state index < -0.39 is 0 Å². The van der Waals surface area contributed by atoms with E-state index in [0.717, 1.165) is 17.9 Å². The van der Waals surface area contributed by atoms with Gasteiger partial charge in [0, 0.05) is 6.04 Å². The molecule has 0 saturated heterocycles. The van der Waals surface area contributed by atoms with E-state index in [2.05, 4.69) is 26.2 Å². The van der Waals surface area contributed by atoms with E-state index in [1.807, 2.05) is 0 Å². The SMILES string of the molecule is CNC1CCCC(C(C)C)C1. The van der Waals surface area contributed by atoms with Crippen molar-refractivity contribution >= 4 is 0 Å². The van der Waals surface area contributed by atoms with Gasteiger partial charge in [-0.3, -0.25) is 0 Å². The van der Waals surface area contributed by atoms with Crippen LogP contribution in [-0.4, -0.2) is 13.1 Å². The molecule has 1 rings (SSSR count). The minimum absolute atomic E-state index is 0.802. The summed E-state index contributed by atoms with van der Waals surface area (Å²) in [6, 6.07) is 0.802. The molecule has 0 aromatic heterocycles. The van der Waals surface area contributed by atoms with Crippen molar-refractivity contribution in [1.82, 2.24) is 5.32 Å². The molecule has 0 heterocycles. The van der Waals surface area contributed by atoms with Crippen LogP contribution in [0.1, 0.15) is 39.5 Å². The predicted octanol–water partition coefficient (Wildman–Crippen LogP) is 2.42. The van der Waals surface area contributed by atoms with Crippen molar-refractivity contribution in [3.8, 4) is 0 Å². The Morgan fingerprint density at radius 3 is 2.55 bits per heavy atom. The van der Waals surface area contributed by atoms with E-state index in [9.17, 15) is 0 Å². The van der Waals surface area contributed by atoms with Crippen molar-refractivity contribution in [2.24, 2.45) is 11.8 Å². The summed E-state index contributed by atoms with van der Waals surface area (Å²) in [7, 11) is 2.09. The predicted molar refractivity (Wildman–Crippen MR) is 49.6 cm³/mol. The van der Waals surface area contributed by atoms with E-state index in [-0.39, 0.29) is 0 Å². The highest BCUT2D eigenvalue weighted by atomic mass is 14.9. The minimum Gasteiger partial charge on any atom is -0.317 e. The summed E-state index contributed by atoms with van der Waals surface area (Å²) in [6.45, 7) is 4.70. The van der Waals surface area contributed by atoms with Crippen molar-refractivity contribution in [2.75, 3.05) is 7.05 Å². The van der Waals surface area contributed by atoms with Crippen molar-refractivity contribution in [1.29, 1.82) is 0 Å². The lowest BCUT2D eigenvalue weighted by atomic mass is 9.79. The minimum atomic E-state index is 0.802. The molecule has 2 unspecified atom stereocenters. The zero-order chi connectivity index (χ0) is 8.27. The summed E-state index contributed by atoms with van der Waals surface area (Å²) in [5, 5.41) is 3.39. The number of nitrogens with one attached hydrogen (secondary N) is 1. The smallest absolute Gasteiger partial charge is 0.00668 e. The monoisotopic (exact) mass is 155 g/mol. The van der Waals surface area contributed by atoms with Crippen LogP contribution in [-0.2, 0) is 0 Å². The first kappa shape index (κ1) is 9.05. The van der Waals surface area contributed by atoms with Crippen molar-refractivity contribution in [2.45, 2.75) is 45.6 Å². The fraction of sp³-hybridized carbons (Fsp3) is 1.00. The highest BCUT2D eigenvalue weighted by Crippen LogP contribution is 2.29. The van der Waals surface area contributed by atoms with Crippen LogP contribution in [0.4, 0.5) is 0 Å². The maximum atomic E-state index is 3.39. The molecule has 1 nitrogen and oxygen atoms in total.